The molecule has 0 aliphatic carbocycles. The molecule has 0 aromatic heterocycles. The molecular weight excluding hydrogens is 280 g/mol. The standard InChI is InChI=1S/C13H15ClN4O2/c14-7-11(15)17-10-4-2-1-3-9(10)13(20)18-6-5-16-12(19)8-18/h1-4H,5-8H2,(H2,15,17)(H,16,19). The van der Waals surface area contributed by atoms with Crippen LogP contribution in [0.15, 0.2) is 29.3 Å². The lowest BCUT2D eigenvalue weighted by Gasteiger charge is -2.27. The summed E-state index contributed by atoms with van der Waals surface area (Å²) >= 11 is 5.60. The molecule has 0 spiro atoms. The smallest absolute Gasteiger partial charge is 0.256 e. The fraction of sp³-hybridized carbons (Fsp3) is 0.308. The van der Waals surface area contributed by atoms with Crippen LogP contribution in [0.4, 0.5) is 5.69 Å². The first-order valence-electron chi connectivity index (χ1n) is 6.16. The summed E-state index contributed by atoms with van der Waals surface area (Å²) in [5, 5.41) is 2.68. The number of hydrogen-bond acceptors (Lipinski definition) is 3. The number of amidine groups is 1. The average molecular weight is 295 g/mol. The van der Waals surface area contributed by atoms with Gasteiger partial charge in [-0.3, -0.25) is 9.59 Å². The fourth-order valence-corrected chi connectivity index (χ4v) is 1.98. The molecule has 1 heterocycles. The molecule has 1 aliphatic heterocycles. The molecule has 1 fully saturated rings. The zero-order valence-electron chi connectivity index (χ0n) is 10.8. The van der Waals surface area contributed by atoms with Crippen molar-refractivity contribution >= 4 is 34.9 Å². The molecule has 2 rings (SSSR count). The molecule has 0 atom stereocenters. The van der Waals surface area contributed by atoms with Gasteiger partial charge >= 0.3 is 0 Å². The van der Waals surface area contributed by atoms with E-state index in [1.54, 1.807) is 24.3 Å². The van der Waals surface area contributed by atoms with Gasteiger partial charge in [-0.2, -0.15) is 0 Å². The highest BCUT2D eigenvalue weighted by Gasteiger charge is 2.23. The van der Waals surface area contributed by atoms with E-state index < -0.39 is 0 Å². The Balaban J connectivity index is 2.28. The normalized spacial score (nSPS) is 15.9. The molecule has 0 unspecified atom stereocenters. The van der Waals surface area contributed by atoms with E-state index >= 15 is 0 Å². The maximum absolute atomic E-state index is 12.4. The van der Waals surface area contributed by atoms with E-state index in [4.69, 9.17) is 17.3 Å². The summed E-state index contributed by atoms with van der Waals surface area (Å²) < 4.78 is 0. The number of aliphatic imine (C=N–C) groups is 1. The van der Waals surface area contributed by atoms with Crippen molar-refractivity contribution in [2.24, 2.45) is 10.7 Å². The van der Waals surface area contributed by atoms with E-state index in [2.05, 4.69) is 10.3 Å². The molecule has 3 N–H and O–H groups in total. The average Bonchev–Trinajstić information content (AvgIpc) is 2.47. The number of alkyl halides is 1. The highest BCUT2D eigenvalue weighted by molar-refractivity contribution is 6.28. The number of carbonyl (C=O) groups excluding carboxylic acids is 2. The summed E-state index contributed by atoms with van der Waals surface area (Å²) in [7, 11) is 0. The predicted octanol–water partition coefficient (Wildman–Crippen LogP) is 0.486. The summed E-state index contributed by atoms with van der Waals surface area (Å²) in [5.41, 5.74) is 6.48. The first-order valence-corrected chi connectivity index (χ1v) is 6.69. The van der Waals surface area contributed by atoms with Gasteiger partial charge in [-0.1, -0.05) is 12.1 Å². The quantitative estimate of drug-likeness (QED) is 0.483. The molecule has 6 nitrogen and oxygen atoms in total. The van der Waals surface area contributed by atoms with Crippen LogP contribution in [0.2, 0.25) is 0 Å². The third-order valence-electron chi connectivity index (χ3n) is 2.86. The van der Waals surface area contributed by atoms with Crippen molar-refractivity contribution in [1.29, 1.82) is 0 Å². The van der Waals surface area contributed by atoms with E-state index in [0.29, 0.717) is 24.3 Å². The second kappa shape index (κ2) is 6.38. The van der Waals surface area contributed by atoms with Crippen LogP contribution in [0.5, 0.6) is 0 Å². The number of para-hydroxylation sites is 1. The Kier molecular flexibility index (Phi) is 4.57. The monoisotopic (exact) mass is 294 g/mol. The first kappa shape index (κ1) is 14.3. The Hall–Kier alpha value is -2.08. The number of hydrogen-bond donors (Lipinski definition) is 2. The second-order valence-electron chi connectivity index (χ2n) is 4.33. The summed E-state index contributed by atoms with van der Waals surface area (Å²) in [4.78, 5) is 29.4. The highest BCUT2D eigenvalue weighted by Crippen LogP contribution is 2.21. The molecule has 0 bridgehead atoms. The first-order chi connectivity index (χ1) is 9.61. The largest absolute Gasteiger partial charge is 0.386 e. The van der Waals surface area contributed by atoms with Crippen LogP contribution < -0.4 is 11.1 Å². The van der Waals surface area contributed by atoms with Gasteiger partial charge in [0, 0.05) is 13.1 Å². The van der Waals surface area contributed by atoms with Gasteiger partial charge in [0.15, 0.2) is 0 Å². The van der Waals surface area contributed by atoms with E-state index in [1.807, 2.05) is 0 Å². The summed E-state index contributed by atoms with van der Waals surface area (Å²) in [5.74, 6) is -0.0648. The van der Waals surface area contributed by atoms with Crippen molar-refractivity contribution in [1.82, 2.24) is 10.2 Å². The highest BCUT2D eigenvalue weighted by atomic mass is 35.5. The zero-order chi connectivity index (χ0) is 14.5. The lowest BCUT2D eigenvalue weighted by Crippen LogP contribution is -2.50. The van der Waals surface area contributed by atoms with Gasteiger partial charge in [-0.25, -0.2) is 4.99 Å². The maximum atomic E-state index is 12.4. The minimum atomic E-state index is -0.235. The lowest BCUT2D eigenvalue weighted by atomic mass is 10.1. The van der Waals surface area contributed by atoms with Crippen LogP contribution in [0.3, 0.4) is 0 Å². The lowest BCUT2D eigenvalue weighted by molar-refractivity contribution is -0.123. The number of nitrogens with one attached hydrogen (secondary N) is 1. The minimum Gasteiger partial charge on any atom is -0.386 e. The van der Waals surface area contributed by atoms with E-state index in [9.17, 15) is 9.59 Å². The Labute approximate surface area is 121 Å². The van der Waals surface area contributed by atoms with Crippen LogP contribution in [-0.2, 0) is 4.79 Å². The maximum Gasteiger partial charge on any atom is 0.256 e. The van der Waals surface area contributed by atoms with Crippen LogP contribution >= 0.6 is 11.6 Å². The van der Waals surface area contributed by atoms with Crippen molar-refractivity contribution < 1.29 is 9.59 Å². The van der Waals surface area contributed by atoms with Crippen LogP contribution in [0, 0.1) is 0 Å². The zero-order valence-corrected chi connectivity index (χ0v) is 11.6. The van der Waals surface area contributed by atoms with Gasteiger partial charge in [0.25, 0.3) is 5.91 Å². The molecule has 1 saturated heterocycles. The Bertz CT molecular complexity index is 559. The molecule has 0 radical (unpaired) electrons. The third kappa shape index (κ3) is 3.27. The molecule has 20 heavy (non-hydrogen) atoms. The summed E-state index contributed by atoms with van der Waals surface area (Å²) in [6.07, 6.45) is 0. The van der Waals surface area contributed by atoms with E-state index in [1.165, 1.54) is 4.90 Å². The van der Waals surface area contributed by atoms with Crippen molar-refractivity contribution in [3.8, 4) is 0 Å². The third-order valence-corrected chi connectivity index (χ3v) is 3.13. The Morgan fingerprint density at radius 2 is 2.20 bits per heavy atom. The minimum absolute atomic E-state index is 0.0574. The van der Waals surface area contributed by atoms with Crippen LogP contribution in [0.25, 0.3) is 0 Å². The van der Waals surface area contributed by atoms with Gasteiger partial charge < -0.3 is 16.0 Å². The summed E-state index contributed by atoms with van der Waals surface area (Å²) in [6.45, 7) is 0.995. The van der Waals surface area contributed by atoms with Gasteiger partial charge in [-0.05, 0) is 12.1 Å². The van der Waals surface area contributed by atoms with Gasteiger partial charge in [-0.15, -0.1) is 11.6 Å². The number of nitrogens with zero attached hydrogens (tertiary/aromatic N) is 2. The van der Waals surface area contributed by atoms with Crippen LogP contribution in [-0.4, -0.2) is 48.1 Å². The topological polar surface area (TPSA) is 87.8 Å². The van der Waals surface area contributed by atoms with Crippen molar-refractivity contribution in [3.63, 3.8) is 0 Å². The number of rotatable bonds is 3. The Morgan fingerprint density at radius 1 is 1.45 bits per heavy atom. The van der Waals surface area contributed by atoms with Crippen molar-refractivity contribution in [2.75, 3.05) is 25.5 Å². The molecule has 1 aromatic carbocycles. The van der Waals surface area contributed by atoms with Gasteiger partial charge in [0.05, 0.1) is 23.7 Å². The van der Waals surface area contributed by atoms with Crippen molar-refractivity contribution in [2.45, 2.75) is 0 Å². The SMILES string of the molecule is NC(CCl)=Nc1ccccc1C(=O)N1CCNC(=O)C1. The summed E-state index contributed by atoms with van der Waals surface area (Å²) in [6, 6.07) is 6.86. The van der Waals surface area contributed by atoms with E-state index in [-0.39, 0.29) is 30.1 Å². The number of halogens is 1. The van der Waals surface area contributed by atoms with Gasteiger partial charge in [0.1, 0.15) is 5.84 Å². The van der Waals surface area contributed by atoms with Crippen LogP contribution in [0.1, 0.15) is 10.4 Å². The number of benzene rings is 1. The van der Waals surface area contributed by atoms with Crippen molar-refractivity contribution in [3.05, 3.63) is 29.8 Å². The molecule has 2 amide bonds. The van der Waals surface area contributed by atoms with Gasteiger partial charge in [0.2, 0.25) is 5.91 Å². The number of amides is 2. The number of carbonyl (C=O) groups is 2. The fourth-order valence-electron chi connectivity index (χ4n) is 1.92. The molecule has 106 valence electrons. The second-order valence-corrected chi connectivity index (χ2v) is 4.60. The predicted molar refractivity (Wildman–Crippen MR) is 77.4 cm³/mol. The molecule has 1 aliphatic rings. The molecular formula is C13H15ClN4O2. The number of piperazine rings is 1. The molecule has 1 aromatic rings. The molecule has 0 saturated carbocycles. The molecule has 7 heteroatoms. The Morgan fingerprint density at radius 3 is 2.90 bits per heavy atom. The van der Waals surface area contributed by atoms with E-state index in [0.717, 1.165) is 0 Å². The number of nitrogens with two attached hydrogens (primary N) is 1.